The lowest BCUT2D eigenvalue weighted by Gasteiger charge is -2.19. The van der Waals surface area contributed by atoms with Crippen molar-refractivity contribution >= 4 is 40.9 Å². The number of benzene rings is 1. The highest BCUT2D eigenvalue weighted by Gasteiger charge is 2.26. The van der Waals surface area contributed by atoms with Crippen molar-refractivity contribution in [2.24, 2.45) is 0 Å². The van der Waals surface area contributed by atoms with Crippen molar-refractivity contribution in [2.45, 2.75) is 56.5 Å². The highest BCUT2D eigenvalue weighted by molar-refractivity contribution is 8.00. The van der Waals surface area contributed by atoms with Crippen LogP contribution in [0.3, 0.4) is 0 Å². The summed E-state index contributed by atoms with van der Waals surface area (Å²) in [6.45, 7) is 9.67. The van der Waals surface area contributed by atoms with E-state index in [2.05, 4.69) is 15.5 Å². The van der Waals surface area contributed by atoms with Crippen LogP contribution in [0.1, 0.15) is 52.0 Å². The maximum absolute atomic E-state index is 12.5. The zero-order valence-electron chi connectivity index (χ0n) is 15.4. The molecule has 0 fully saturated rings. The molecule has 142 valence electrons. The standard InChI is InChI=1S/C17H23Cl2N5OS/c1-9(12-7-6-11(18)8-13(12)19)21-14(25)10(2)26-16-23-22-15(24(16)20)17(3,4)5/h6-10H,20H2,1-5H3,(H,21,25). The lowest BCUT2D eigenvalue weighted by atomic mass is 9.96. The van der Waals surface area contributed by atoms with Crippen molar-refractivity contribution in [1.82, 2.24) is 20.2 Å². The first-order valence-corrected chi connectivity index (χ1v) is 9.77. The van der Waals surface area contributed by atoms with Crippen molar-refractivity contribution in [2.75, 3.05) is 5.84 Å². The van der Waals surface area contributed by atoms with Gasteiger partial charge >= 0.3 is 0 Å². The molecule has 1 aromatic heterocycles. The average molecular weight is 416 g/mol. The molecule has 1 heterocycles. The van der Waals surface area contributed by atoms with Gasteiger partial charge in [0.1, 0.15) is 0 Å². The monoisotopic (exact) mass is 415 g/mol. The number of nitrogen functional groups attached to an aromatic ring is 1. The lowest BCUT2D eigenvalue weighted by Crippen LogP contribution is -2.33. The summed E-state index contributed by atoms with van der Waals surface area (Å²) >= 11 is 13.4. The molecule has 2 atom stereocenters. The highest BCUT2D eigenvalue weighted by atomic mass is 35.5. The number of halogens is 2. The summed E-state index contributed by atoms with van der Waals surface area (Å²) in [5.41, 5.74) is 0.574. The molecule has 0 saturated heterocycles. The summed E-state index contributed by atoms with van der Waals surface area (Å²) in [5, 5.41) is 12.3. The van der Waals surface area contributed by atoms with Crippen LogP contribution in [-0.2, 0) is 10.2 Å². The van der Waals surface area contributed by atoms with Crippen LogP contribution in [0, 0.1) is 0 Å². The van der Waals surface area contributed by atoms with E-state index in [1.54, 1.807) is 25.1 Å². The van der Waals surface area contributed by atoms with Crippen LogP contribution in [0.25, 0.3) is 0 Å². The fourth-order valence-corrected chi connectivity index (χ4v) is 3.69. The molecule has 2 unspecified atom stereocenters. The fraction of sp³-hybridized carbons (Fsp3) is 0.471. The Morgan fingerprint density at radius 3 is 2.46 bits per heavy atom. The van der Waals surface area contributed by atoms with Crippen LogP contribution in [0.15, 0.2) is 23.4 Å². The van der Waals surface area contributed by atoms with E-state index in [0.29, 0.717) is 21.0 Å². The summed E-state index contributed by atoms with van der Waals surface area (Å²) < 4.78 is 1.44. The van der Waals surface area contributed by atoms with Crippen molar-refractivity contribution in [3.63, 3.8) is 0 Å². The quantitative estimate of drug-likeness (QED) is 0.569. The molecule has 3 N–H and O–H groups in total. The zero-order valence-corrected chi connectivity index (χ0v) is 17.7. The Bertz CT molecular complexity index is 803. The van der Waals surface area contributed by atoms with E-state index in [4.69, 9.17) is 29.0 Å². The molecule has 0 aliphatic carbocycles. The summed E-state index contributed by atoms with van der Waals surface area (Å²) in [6.07, 6.45) is 0. The number of nitrogens with two attached hydrogens (primary N) is 1. The molecular weight excluding hydrogens is 393 g/mol. The molecule has 0 aliphatic rings. The minimum Gasteiger partial charge on any atom is -0.349 e. The van der Waals surface area contributed by atoms with Gasteiger partial charge in [-0.25, -0.2) is 4.68 Å². The van der Waals surface area contributed by atoms with Crippen molar-refractivity contribution in [3.05, 3.63) is 39.6 Å². The smallest absolute Gasteiger partial charge is 0.233 e. The number of aromatic nitrogens is 3. The first-order chi connectivity index (χ1) is 12.0. The molecule has 0 bridgehead atoms. The van der Waals surface area contributed by atoms with Gasteiger partial charge in [-0.15, -0.1) is 10.2 Å². The molecular formula is C17H23Cl2N5OS. The van der Waals surface area contributed by atoms with Gasteiger partial charge in [0.05, 0.1) is 11.3 Å². The number of carbonyl (C=O) groups excluding carboxylic acids is 1. The Hall–Kier alpha value is -1.44. The van der Waals surface area contributed by atoms with E-state index in [1.165, 1.54) is 16.4 Å². The molecule has 6 nitrogen and oxygen atoms in total. The van der Waals surface area contributed by atoms with Gasteiger partial charge in [-0.1, -0.05) is 61.8 Å². The molecule has 2 aromatic rings. The normalized spacial score (nSPS) is 14.1. The van der Waals surface area contributed by atoms with E-state index < -0.39 is 5.25 Å². The Morgan fingerprint density at radius 2 is 1.92 bits per heavy atom. The summed E-state index contributed by atoms with van der Waals surface area (Å²) in [7, 11) is 0. The van der Waals surface area contributed by atoms with Crippen LogP contribution >= 0.6 is 35.0 Å². The van der Waals surface area contributed by atoms with Crippen LogP contribution in [0.5, 0.6) is 0 Å². The van der Waals surface area contributed by atoms with Crippen LogP contribution in [0.2, 0.25) is 10.0 Å². The predicted octanol–water partition coefficient (Wildman–Crippen LogP) is 3.95. The minimum absolute atomic E-state index is 0.145. The Morgan fingerprint density at radius 1 is 1.27 bits per heavy atom. The molecule has 0 spiro atoms. The van der Waals surface area contributed by atoms with Gasteiger partial charge in [-0.2, -0.15) is 0 Å². The Labute approximate surface area is 167 Å². The maximum Gasteiger partial charge on any atom is 0.233 e. The van der Waals surface area contributed by atoms with E-state index in [0.717, 1.165) is 5.56 Å². The van der Waals surface area contributed by atoms with Gasteiger partial charge in [0, 0.05) is 15.5 Å². The van der Waals surface area contributed by atoms with E-state index in [1.807, 2.05) is 27.7 Å². The Kier molecular flexibility index (Phi) is 6.47. The third-order valence-corrected chi connectivity index (χ3v) is 5.39. The van der Waals surface area contributed by atoms with E-state index in [-0.39, 0.29) is 17.4 Å². The van der Waals surface area contributed by atoms with Crippen LogP contribution in [0.4, 0.5) is 0 Å². The molecule has 1 aromatic carbocycles. The zero-order chi connectivity index (χ0) is 19.6. The maximum atomic E-state index is 12.5. The van der Waals surface area contributed by atoms with Crippen LogP contribution in [-0.4, -0.2) is 26.0 Å². The summed E-state index contributed by atoms with van der Waals surface area (Å²) in [4.78, 5) is 12.5. The summed E-state index contributed by atoms with van der Waals surface area (Å²) in [5.74, 6) is 6.59. The lowest BCUT2D eigenvalue weighted by molar-refractivity contribution is -0.120. The largest absolute Gasteiger partial charge is 0.349 e. The van der Waals surface area contributed by atoms with Gasteiger partial charge in [-0.3, -0.25) is 4.79 Å². The van der Waals surface area contributed by atoms with Crippen molar-refractivity contribution in [1.29, 1.82) is 0 Å². The third kappa shape index (κ3) is 4.84. The van der Waals surface area contributed by atoms with E-state index >= 15 is 0 Å². The Balaban J connectivity index is 2.05. The van der Waals surface area contributed by atoms with Crippen molar-refractivity contribution in [3.8, 4) is 0 Å². The van der Waals surface area contributed by atoms with Crippen molar-refractivity contribution < 1.29 is 4.79 Å². The molecule has 0 radical (unpaired) electrons. The SMILES string of the molecule is CC(Sc1nnc(C(C)(C)C)n1N)C(=O)NC(C)c1ccc(Cl)cc1Cl. The highest BCUT2D eigenvalue weighted by Crippen LogP contribution is 2.28. The molecule has 9 heteroatoms. The second-order valence-corrected chi connectivity index (χ2v) is 9.23. The molecule has 0 saturated carbocycles. The second kappa shape index (κ2) is 8.06. The summed E-state index contributed by atoms with van der Waals surface area (Å²) in [6, 6.07) is 4.95. The minimum atomic E-state index is -0.400. The van der Waals surface area contributed by atoms with Gasteiger partial charge < -0.3 is 11.2 Å². The molecule has 26 heavy (non-hydrogen) atoms. The van der Waals surface area contributed by atoms with Gasteiger partial charge in [0.15, 0.2) is 5.82 Å². The predicted molar refractivity (Wildman–Crippen MR) is 107 cm³/mol. The first kappa shape index (κ1) is 20.9. The number of rotatable bonds is 5. The van der Waals surface area contributed by atoms with Crippen LogP contribution < -0.4 is 11.2 Å². The van der Waals surface area contributed by atoms with E-state index in [9.17, 15) is 4.79 Å². The van der Waals surface area contributed by atoms with Gasteiger partial charge in [0.2, 0.25) is 11.1 Å². The molecule has 0 aliphatic heterocycles. The third-order valence-electron chi connectivity index (χ3n) is 3.77. The van der Waals surface area contributed by atoms with Gasteiger partial charge in [0.25, 0.3) is 0 Å². The molecule has 2 rings (SSSR count). The number of amides is 1. The number of carbonyl (C=O) groups is 1. The fourth-order valence-electron chi connectivity index (χ4n) is 2.34. The number of hydrogen-bond acceptors (Lipinski definition) is 5. The first-order valence-electron chi connectivity index (χ1n) is 8.13. The number of thioether (sulfide) groups is 1. The van der Waals surface area contributed by atoms with Gasteiger partial charge in [-0.05, 0) is 31.5 Å². The molecule has 1 amide bonds. The second-order valence-electron chi connectivity index (χ2n) is 7.08. The average Bonchev–Trinajstić information content (AvgIpc) is 2.87. The number of hydrogen-bond donors (Lipinski definition) is 2. The number of nitrogens with one attached hydrogen (secondary N) is 1. The number of nitrogens with zero attached hydrogens (tertiary/aromatic N) is 3. The topological polar surface area (TPSA) is 85.8 Å².